The maximum absolute atomic E-state index is 6.39. The van der Waals surface area contributed by atoms with Gasteiger partial charge in [-0.25, -0.2) is 0 Å². The number of fused-ring (bicyclic) bond motifs is 6. The fourth-order valence-corrected chi connectivity index (χ4v) is 7.89. The second kappa shape index (κ2) is 10.5. The average Bonchev–Trinajstić information content (AvgIpc) is 3.68. The second-order valence-corrected chi connectivity index (χ2v) is 12.4. The van der Waals surface area contributed by atoms with Crippen LogP contribution < -0.4 is 4.90 Å². The maximum Gasteiger partial charge on any atom is 0.137 e. The molecule has 0 saturated heterocycles. The van der Waals surface area contributed by atoms with Gasteiger partial charge in [-0.2, -0.15) is 0 Å². The highest BCUT2D eigenvalue weighted by Crippen LogP contribution is 2.48. The molecule has 9 aromatic rings. The van der Waals surface area contributed by atoms with Crippen molar-refractivity contribution in [1.29, 1.82) is 0 Å². The lowest BCUT2D eigenvalue weighted by Crippen LogP contribution is -2.11. The lowest BCUT2D eigenvalue weighted by Gasteiger charge is -2.29. The first-order chi connectivity index (χ1) is 22.3. The van der Waals surface area contributed by atoms with Gasteiger partial charge in [-0.1, -0.05) is 121 Å². The van der Waals surface area contributed by atoms with Crippen LogP contribution in [-0.2, 0) is 0 Å². The van der Waals surface area contributed by atoms with E-state index in [1.54, 1.807) is 0 Å². The molecule has 0 saturated carbocycles. The monoisotopic (exact) mass is 593 g/mol. The van der Waals surface area contributed by atoms with Crippen LogP contribution in [0.25, 0.3) is 64.4 Å². The Bertz CT molecular complexity index is 2510. The van der Waals surface area contributed by atoms with Crippen LogP contribution in [-0.4, -0.2) is 0 Å². The van der Waals surface area contributed by atoms with Crippen LogP contribution in [0.15, 0.2) is 168 Å². The zero-order valence-electron chi connectivity index (χ0n) is 24.4. The van der Waals surface area contributed by atoms with Crippen LogP contribution in [0.3, 0.4) is 0 Å². The van der Waals surface area contributed by atoms with Crippen molar-refractivity contribution in [2.45, 2.75) is 0 Å². The van der Waals surface area contributed by atoms with Crippen molar-refractivity contribution in [2.75, 3.05) is 4.90 Å². The van der Waals surface area contributed by atoms with Gasteiger partial charge in [0.25, 0.3) is 0 Å². The predicted molar refractivity (Wildman–Crippen MR) is 192 cm³/mol. The molecule has 0 fully saturated rings. The van der Waals surface area contributed by atoms with Crippen LogP contribution in [0.1, 0.15) is 0 Å². The number of benzene rings is 7. The minimum absolute atomic E-state index is 0.877. The summed E-state index contributed by atoms with van der Waals surface area (Å²) in [5, 5.41) is 4.81. The first-order valence-corrected chi connectivity index (χ1v) is 16.0. The number of rotatable bonds is 5. The Kier molecular flexibility index (Phi) is 6.03. The molecule has 0 aliphatic carbocycles. The first-order valence-electron chi connectivity index (χ1n) is 15.2. The maximum atomic E-state index is 6.39. The van der Waals surface area contributed by atoms with Crippen LogP contribution in [0, 0.1) is 0 Å². The average molecular weight is 594 g/mol. The van der Waals surface area contributed by atoms with Crippen molar-refractivity contribution in [3.8, 4) is 22.3 Å². The van der Waals surface area contributed by atoms with Crippen molar-refractivity contribution in [3.05, 3.63) is 164 Å². The molecule has 2 nitrogen and oxygen atoms in total. The van der Waals surface area contributed by atoms with Gasteiger partial charge < -0.3 is 9.32 Å². The number of furan rings is 1. The van der Waals surface area contributed by atoms with E-state index >= 15 is 0 Å². The summed E-state index contributed by atoms with van der Waals surface area (Å²) in [6.45, 7) is 0. The van der Waals surface area contributed by atoms with Gasteiger partial charge in [-0.3, -0.25) is 0 Å². The molecule has 9 rings (SSSR count). The molecule has 7 aromatic carbocycles. The fourth-order valence-electron chi connectivity index (χ4n) is 6.66. The molecule has 0 amide bonds. The summed E-state index contributed by atoms with van der Waals surface area (Å²) in [7, 11) is 0. The van der Waals surface area contributed by atoms with Crippen molar-refractivity contribution in [2.24, 2.45) is 0 Å². The highest BCUT2D eigenvalue weighted by atomic mass is 32.1. The molecule has 0 spiro atoms. The standard InChI is InChI=1S/C42H27NOS/c1-2-13-28(14-3-1)29-15-10-16-30(27-29)43(37-23-12-25-39-41(37)35-19-5-8-24-38(35)44-39)36-22-7-4-17-31(36)33-20-11-21-34-32-18-6-9-26-40(32)45-42(33)34/h1-27H. The third kappa shape index (κ3) is 4.24. The van der Waals surface area contributed by atoms with Crippen LogP contribution in [0.5, 0.6) is 0 Å². The van der Waals surface area contributed by atoms with Crippen molar-refractivity contribution in [1.82, 2.24) is 0 Å². The molecule has 45 heavy (non-hydrogen) atoms. The molecule has 0 aliphatic rings. The van der Waals surface area contributed by atoms with Crippen LogP contribution in [0.4, 0.5) is 17.1 Å². The first kappa shape index (κ1) is 25.8. The summed E-state index contributed by atoms with van der Waals surface area (Å²) in [6.07, 6.45) is 0. The van der Waals surface area contributed by atoms with Crippen LogP contribution >= 0.6 is 11.3 Å². The summed E-state index contributed by atoms with van der Waals surface area (Å²) in [5.74, 6) is 0. The number of hydrogen-bond acceptors (Lipinski definition) is 3. The molecule has 3 heteroatoms. The zero-order valence-corrected chi connectivity index (χ0v) is 25.2. The normalized spacial score (nSPS) is 11.6. The Morgan fingerprint density at radius 3 is 2.02 bits per heavy atom. The Morgan fingerprint density at radius 1 is 0.444 bits per heavy atom. The smallest absolute Gasteiger partial charge is 0.137 e. The number of anilines is 3. The molecule has 2 aromatic heterocycles. The number of nitrogens with zero attached hydrogens (tertiary/aromatic N) is 1. The minimum Gasteiger partial charge on any atom is -0.456 e. The summed E-state index contributed by atoms with van der Waals surface area (Å²) in [6, 6.07) is 58.4. The van der Waals surface area contributed by atoms with E-state index in [1.807, 2.05) is 17.4 Å². The third-order valence-electron chi connectivity index (χ3n) is 8.67. The van der Waals surface area contributed by atoms with E-state index in [-0.39, 0.29) is 0 Å². The predicted octanol–water partition coefficient (Wildman–Crippen LogP) is 12.8. The highest BCUT2D eigenvalue weighted by Gasteiger charge is 2.23. The molecule has 212 valence electrons. The summed E-state index contributed by atoms with van der Waals surface area (Å²) >= 11 is 1.87. The number of para-hydroxylation sites is 2. The topological polar surface area (TPSA) is 16.4 Å². The van der Waals surface area contributed by atoms with Crippen LogP contribution in [0.2, 0.25) is 0 Å². The van der Waals surface area contributed by atoms with Gasteiger partial charge in [0.2, 0.25) is 0 Å². The third-order valence-corrected chi connectivity index (χ3v) is 9.89. The molecular weight excluding hydrogens is 567 g/mol. The second-order valence-electron chi connectivity index (χ2n) is 11.3. The lowest BCUT2D eigenvalue weighted by atomic mass is 9.98. The Labute approximate surface area is 265 Å². The Morgan fingerprint density at radius 2 is 1.09 bits per heavy atom. The van der Waals surface area contributed by atoms with Gasteiger partial charge in [0.05, 0.1) is 16.8 Å². The number of hydrogen-bond donors (Lipinski definition) is 0. The van der Waals surface area contributed by atoms with E-state index in [0.29, 0.717) is 0 Å². The molecule has 2 heterocycles. The quantitative estimate of drug-likeness (QED) is 0.197. The van der Waals surface area contributed by atoms with Gasteiger partial charge in [-0.15, -0.1) is 11.3 Å². The van der Waals surface area contributed by atoms with Gasteiger partial charge >= 0.3 is 0 Å². The SMILES string of the molecule is c1ccc(-c2cccc(N(c3ccccc3-c3cccc4c3sc3ccccc34)c3cccc4oc5ccccc5c34)c2)cc1. The van der Waals surface area contributed by atoms with Crippen molar-refractivity contribution >= 4 is 70.5 Å². The lowest BCUT2D eigenvalue weighted by molar-refractivity contribution is 0.669. The van der Waals surface area contributed by atoms with E-state index < -0.39 is 0 Å². The molecule has 0 atom stereocenters. The van der Waals surface area contributed by atoms with Crippen molar-refractivity contribution < 1.29 is 4.42 Å². The van der Waals surface area contributed by atoms with Gasteiger partial charge in [0, 0.05) is 42.4 Å². The molecular formula is C42H27NOS. The molecule has 0 radical (unpaired) electrons. The fraction of sp³-hybridized carbons (Fsp3) is 0. The minimum atomic E-state index is 0.877. The van der Waals surface area contributed by atoms with Gasteiger partial charge in [0.1, 0.15) is 11.2 Å². The Hall–Kier alpha value is -5.64. The van der Waals surface area contributed by atoms with E-state index in [0.717, 1.165) is 39.0 Å². The summed E-state index contributed by atoms with van der Waals surface area (Å²) in [5.41, 5.74) is 9.83. The largest absolute Gasteiger partial charge is 0.456 e. The molecule has 0 aliphatic heterocycles. The number of thiophene rings is 1. The highest BCUT2D eigenvalue weighted by molar-refractivity contribution is 7.26. The summed E-state index contributed by atoms with van der Waals surface area (Å²) in [4.78, 5) is 2.41. The van der Waals surface area contributed by atoms with Crippen molar-refractivity contribution in [3.63, 3.8) is 0 Å². The van der Waals surface area contributed by atoms with E-state index in [2.05, 4.69) is 163 Å². The van der Waals surface area contributed by atoms with E-state index in [9.17, 15) is 0 Å². The van der Waals surface area contributed by atoms with Gasteiger partial charge in [0.15, 0.2) is 0 Å². The zero-order chi connectivity index (χ0) is 29.7. The van der Waals surface area contributed by atoms with Gasteiger partial charge in [-0.05, 0) is 53.6 Å². The molecule has 0 N–H and O–H groups in total. The summed E-state index contributed by atoms with van der Waals surface area (Å²) < 4.78 is 9.00. The molecule has 0 unspecified atom stereocenters. The van der Waals surface area contributed by atoms with E-state index in [4.69, 9.17) is 4.42 Å². The molecule has 0 bridgehead atoms. The Balaban J connectivity index is 1.35. The van der Waals surface area contributed by atoms with E-state index in [1.165, 1.54) is 42.4 Å².